The smallest absolute Gasteiger partial charge is 0.172 e. The number of hydrogen-bond donors (Lipinski definition) is 0. The van der Waals surface area contributed by atoms with Crippen LogP contribution in [0.5, 0.6) is 0 Å². The SMILES string of the molecule is Clc1ccc(N2N=C(C3C=CC=C3)CC2c2ccccc2Cl)nn1. The maximum Gasteiger partial charge on any atom is 0.172 e. The van der Waals surface area contributed by atoms with E-state index < -0.39 is 0 Å². The summed E-state index contributed by atoms with van der Waals surface area (Å²) in [6.45, 7) is 0. The first-order chi connectivity index (χ1) is 11.7. The van der Waals surface area contributed by atoms with Crippen molar-refractivity contribution in [3.05, 3.63) is 76.4 Å². The van der Waals surface area contributed by atoms with Crippen molar-refractivity contribution >= 4 is 34.7 Å². The number of rotatable bonds is 3. The number of hydrazone groups is 1. The molecule has 2 aliphatic rings. The van der Waals surface area contributed by atoms with E-state index in [1.807, 2.05) is 47.5 Å². The van der Waals surface area contributed by atoms with Crippen LogP contribution in [0.4, 0.5) is 5.82 Å². The molecule has 0 fully saturated rings. The molecule has 4 rings (SSSR count). The Morgan fingerprint density at radius 2 is 1.75 bits per heavy atom. The van der Waals surface area contributed by atoms with E-state index in [1.54, 1.807) is 6.07 Å². The van der Waals surface area contributed by atoms with Crippen LogP contribution < -0.4 is 5.01 Å². The average molecular weight is 357 g/mol. The second-order valence-corrected chi connectivity index (χ2v) is 6.48. The molecule has 2 heterocycles. The molecule has 0 radical (unpaired) electrons. The van der Waals surface area contributed by atoms with Gasteiger partial charge < -0.3 is 0 Å². The highest BCUT2D eigenvalue weighted by Crippen LogP contribution is 2.39. The number of halogens is 2. The lowest BCUT2D eigenvalue weighted by Gasteiger charge is -2.23. The molecule has 1 aromatic heterocycles. The molecule has 1 aromatic carbocycles. The number of hydrogen-bond acceptors (Lipinski definition) is 4. The number of anilines is 1. The van der Waals surface area contributed by atoms with Gasteiger partial charge in [-0.05, 0) is 23.8 Å². The van der Waals surface area contributed by atoms with E-state index in [-0.39, 0.29) is 12.0 Å². The summed E-state index contributed by atoms with van der Waals surface area (Å²) in [4.78, 5) is 0. The second kappa shape index (κ2) is 6.38. The molecule has 24 heavy (non-hydrogen) atoms. The summed E-state index contributed by atoms with van der Waals surface area (Å²) in [7, 11) is 0. The zero-order valence-corrected chi connectivity index (χ0v) is 14.2. The van der Waals surface area contributed by atoms with Crippen LogP contribution in [-0.4, -0.2) is 15.9 Å². The quantitative estimate of drug-likeness (QED) is 0.790. The third kappa shape index (κ3) is 2.83. The van der Waals surface area contributed by atoms with Crippen LogP contribution in [0.1, 0.15) is 18.0 Å². The third-order valence-electron chi connectivity index (χ3n) is 4.18. The molecule has 6 heteroatoms. The maximum absolute atomic E-state index is 6.43. The largest absolute Gasteiger partial charge is 0.238 e. The Morgan fingerprint density at radius 3 is 2.46 bits per heavy atom. The maximum atomic E-state index is 6.43. The van der Waals surface area contributed by atoms with Crippen LogP contribution >= 0.6 is 23.2 Å². The fourth-order valence-electron chi connectivity index (χ4n) is 3.02. The third-order valence-corrected chi connectivity index (χ3v) is 4.73. The van der Waals surface area contributed by atoms with Crippen molar-refractivity contribution < 1.29 is 0 Å². The van der Waals surface area contributed by atoms with Gasteiger partial charge in [-0.3, -0.25) is 0 Å². The lowest BCUT2D eigenvalue weighted by atomic mass is 9.95. The fraction of sp³-hybridized carbons (Fsp3) is 0.167. The van der Waals surface area contributed by atoms with Gasteiger partial charge in [-0.25, -0.2) is 5.01 Å². The van der Waals surface area contributed by atoms with Crippen LogP contribution in [0.25, 0.3) is 0 Å². The predicted molar refractivity (Wildman–Crippen MR) is 97.5 cm³/mol. The highest BCUT2D eigenvalue weighted by atomic mass is 35.5. The molecule has 2 aromatic rings. The Kier molecular flexibility index (Phi) is 4.08. The van der Waals surface area contributed by atoms with Crippen LogP contribution in [0.2, 0.25) is 10.2 Å². The van der Waals surface area contributed by atoms with Crippen molar-refractivity contribution in [1.82, 2.24) is 10.2 Å². The summed E-state index contributed by atoms with van der Waals surface area (Å²) in [6.07, 6.45) is 9.15. The van der Waals surface area contributed by atoms with Gasteiger partial charge in [0.25, 0.3) is 0 Å². The molecular formula is C18H14Cl2N4. The summed E-state index contributed by atoms with van der Waals surface area (Å²) in [6, 6.07) is 11.4. The standard InChI is InChI=1S/C18H14Cl2N4/c19-14-8-4-3-7-13(14)16-11-15(12-5-1-2-6-12)23-24(16)18-10-9-17(20)21-22-18/h1-10,12,16H,11H2. The average Bonchev–Trinajstić information content (AvgIpc) is 3.25. The van der Waals surface area contributed by atoms with Crippen LogP contribution in [0.3, 0.4) is 0 Å². The van der Waals surface area contributed by atoms with Gasteiger partial charge in [-0.2, -0.15) is 5.10 Å². The van der Waals surface area contributed by atoms with Gasteiger partial charge in [0.2, 0.25) is 0 Å². The minimum Gasteiger partial charge on any atom is -0.238 e. The molecule has 1 aliphatic carbocycles. The van der Waals surface area contributed by atoms with Gasteiger partial charge in [0, 0.05) is 17.4 Å². The van der Waals surface area contributed by atoms with Gasteiger partial charge in [0.1, 0.15) is 0 Å². The molecule has 0 amide bonds. The number of nitrogens with zero attached hydrogens (tertiary/aromatic N) is 4. The van der Waals surface area contributed by atoms with Crippen molar-refractivity contribution in [2.24, 2.45) is 11.0 Å². The Labute approximate surface area is 150 Å². The number of allylic oxidation sites excluding steroid dienone is 4. The van der Waals surface area contributed by atoms with Crippen molar-refractivity contribution in [3.63, 3.8) is 0 Å². The summed E-state index contributed by atoms with van der Waals surface area (Å²) in [5, 5.41) is 15.9. The van der Waals surface area contributed by atoms with E-state index in [0.717, 1.165) is 22.7 Å². The van der Waals surface area contributed by atoms with Crippen molar-refractivity contribution in [3.8, 4) is 0 Å². The normalized spacial score (nSPS) is 20.0. The van der Waals surface area contributed by atoms with Gasteiger partial charge in [0.05, 0.1) is 11.8 Å². The molecule has 4 nitrogen and oxygen atoms in total. The number of benzene rings is 1. The first-order valence-corrected chi connectivity index (χ1v) is 8.43. The monoisotopic (exact) mass is 356 g/mol. The van der Waals surface area contributed by atoms with Crippen LogP contribution in [-0.2, 0) is 0 Å². The van der Waals surface area contributed by atoms with E-state index in [0.29, 0.717) is 11.0 Å². The summed E-state index contributed by atoms with van der Waals surface area (Å²) < 4.78 is 0. The van der Waals surface area contributed by atoms with E-state index in [1.165, 1.54) is 0 Å². The Morgan fingerprint density at radius 1 is 0.958 bits per heavy atom. The summed E-state index contributed by atoms with van der Waals surface area (Å²) >= 11 is 12.3. The van der Waals surface area contributed by atoms with Gasteiger partial charge in [-0.1, -0.05) is 65.7 Å². The first-order valence-electron chi connectivity index (χ1n) is 7.67. The lowest BCUT2D eigenvalue weighted by Crippen LogP contribution is -2.20. The topological polar surface area (TPSA) is 41.4 Å². The lowest BCUT2D eigenvalue weighted by molar-refractivity contribution is 0.691. The molecule has 1 atom stereocenters. The van der Waals surface area contributed by atoms with Crippen molar-refractivity contribution in [1.29, 1.82) is 0 Å². The van der Waals surface area contributed by atoms with E-state index in [9.17, 15) is 0 Å². The Hall–Kier alpha value is -2.17. The van der Waals surface area contributed by atoms with Crippen molar-refractivity contribution in [2.45, 2.75) is 12.5 Å². The molecule has 0 saturated carbocycles. The zero-order chi connectivity index (χ0) is 16.5. The minimum absolute atomic E-state index is 0.00780. The highest BCUT2D eigenvalue weighted by Gasteiger charge is 2.33. The molecule has 0 bridgehead atoms. The van der Waals surface area contributed by atoms with Gasteiger partial charge in [-0.15, -0.1) is 10.2 Å². The van der Waals surface area contributed by atoms with Crippen LogP contribution in [0, 0.1) is 5.92 Å². The molecule has 0 saturated heterocycles. The molecular weight excluding hydrogens is 343 g/mol. The van der Waals surface area contributed by atoms with E-state index >= 15 is 0 Å². The Balaban J connectivity index is 1.74. The van der Waals surface area contributed by atoms with E-state index in [2.05, 4.69) is 22.3 Å². The summed E-state index contributed by atoms with van der Waals surface area (Å²) in [5.41, 5.74) is 2.11. The summed E-state index contributed by atoms with van der Waals surface area (Å²) in [5.74, 6) is 0.880. The zero-order valence-electron chi connectivity index (χ0n) is 12.7. The molecule has 0 N–H and O–H groups in total. The molecule has 1 aliphatic heterocycles. The van der Waals surface area contributed by atoms with Gasteiger partial charge >= 0.3 is 0 Å². The molecule has 120 valence electrons. The highest BCUT2D eigenvalue weighted by molar-refractivity contribution is 6.31. The molecule has 0 spiro atoms. The van der Waals surface area contributed by atoms with Crippen LogP contribution in [0.15, 0.2) is 65.8 Å². The second-order valence-electron chi connectivity index (χ2n) is 5.69. The van der Waals surface area contributed by atoms with E-state index in [4.69, 9.17) is 28.3 Å². The molecule has 1 unspecified atom stereocenters. The predicted octanol–water partition coefficient (Wildman–Crippen LogP) is 4.83. The Bertz CT molecular complexity index is 830. The fourth-order valence-corrected chi connectivity index (χ4v) is 3.38. The number of aromatic nitrogens is 2. The van der Waals surface area contributed by atoms with Crippen molar-refractivity contribution in [2.75, 3.05) is 5.01 Å². The van der Waals surface area contributed by atoms with Gasteiger partial charge in [0.15, 0.2) is 11.0 Å². The first kappa shape index (κ1) is 15.4. The minimum atomic E-state index is -0.00780.